The fourth-order valence-corrected chi connectivity index (χ4v) is 2.03. The molecular formula is C18H20N2O2. The highest BCUT2D eigenvalue weighted by Gasteiger charge is 2.11. The molecule has 22 heavy (non-hydrogen) atoms. The van der Waals surface area contributed by atoms with Crippen molar-refractivity contribution in [2.45, 2.75) is 26.8 Å². The van der Waals surface area contributed by atoms with Gasteiger partial charge in [-0.1, -0.05) is 24.3 Å². The van der Waals surface area contributed by atoms with Gasteiger partial charge in [0.2, 0.25) is 0 Å². The van der Waals surface area contributed by atoms with E-state index in [9.17, 15) is 9.59 Å². The van der Waals surface area contributed by atoms with Crippen LogP contribution >= 0.6 is 0 Å². The molecule has 114 valence electrons. The van der Waals surface area contributed by atoms with E-state index in [-0.39, 0.29) is 17.9 Å². The molecule has 0 saturated heterocycles. The van der Waals surface area contributed by atoms with Crippen LogP contribution in [0.5, 0.6) is 0 Å². The number of nitrogens with one attached hydrogen (secondary N) is 2. The van der Waals surface area contributed by atoms with Gasteiger partial charge in [0.25, 0.3) is 11.8 Å². The Morgan fingerprint density at radius 2 is 1.59 bits per heavy atom. The maximum absolute atomic E-state index is 12.2. The Kier molecular flexibility index (Phi) is 4.94. The quantitative estimate of drug-likeness (QED) is 0.908. The molecule has 0 radical (unpaired) electrons. The molecule has 0 aliphatic heterocycles. The summed E-state index contributed by atoms with van der Waals surface area (Å²) in [6.45, 7) is 5.71. The molecule has 2 amide bonds. The number of hydrogen-bond donors (Lipinski definition) is 2. The first-order valence-corrected chi connectivity index (χ1v) is 7.25. The number of carbonyl (C=O) groups excluding carboxylic acids is 2. The SMILES string of the molecule is Cc1ccc(C(=O)NC(C)C)cc1NC(=O)c1ccccc1. The summed E-state index contributed by atoms with van der Waals surface area (Å²) >= 11 is 0. The third kappa shape index (κ3) is 3.95. The van der Waals surface area contributed by atoms with Crippen LogP contribution in [0.1, 0.15) is 40.1 Å². The van der Waals surface area contributed by atoms with Gasteiger partial charge >= 0.3 is 0 Å². The van der Waals surface area contributed by atoms with Crippen molar-refractivity contribution >= 4 is 17.5 Å². The van der Waals surface area contributed by atoms with Crippen molar-refractivity contribution in [3.8, 4) is 0 Å². The van der Waals surface area contributed by atoms with Gasteiger partial charge in [0.05, 0.1) is 0 Å². The Balaban J connectivity index is 2.20. The lowest BCUT2D eigenvalue weighted by atomic mass is 10.1. The standard InChI is InChI=1S/C18H20N2O2/c1-12(2)19-18(22)15-10-9-13(3)16(11-15)20-17(21)14-7-5-4-6-8-14/h4-12H,1-3H3,(H,19,22)(H,20,21). The van der Waals surface area contributed by atoms with E-state index in [1.165, 1.54) is 0 Å². The smallest absolute Gasteiger partial charge is 0.255 e. The molecule has 0 bridgehead atoms. The van der Waals surface area contributed by atoms with Crippen molar-refractivity contribution < 1.29 is 9.59 Å². The van der Waals surface area contributed by atoms with E-state index in [4.69, 9.17) is 0 Å². The molecule has 0 unspecified atom stereocenters. The van der Waals surface area contributed by atoms with Gasteiger partial charge in [-0.15, -0.1) is 0 Å². The van der Waals surface area contributed by atoms with E-state index < -0.39 is 0 Å². The van der Waals surface area contributed by atoms with Gasteiger partial charge in [0.1, 0.15) is 0 Å². The highest BCUT2D eigenvalue weighted by atomic mass is 16.2. The molecule has 0 aliphatic carbocycles. The molecule has 4 heteroatoms. The maximum Gasteiger partial charge on any atom is 0.255 e. The van der Waals surface area contributed by atoms with Gasteiger partial charge in [0, 0.05) is 22.9 Å². The first-order chi connectivity index (χ1) is 10.5. The second kappa shape index (κ2) is 6.89. The van der Waals surface area contributed by atoms with Crippen molar-refractivity contribution in [1.29, 1.82) is 0 Å². The minimum absolute atomic E-state index is 0.0659. The molecule has 0 fully saturated rings. The molecule has 2 N–H and O–H groups in total. The first-order valence-electron chi connectivity index (χ1n) is 7.25. The summed E-state index contributed by atoms with van der Waals surface area (Å²) in [5.41, 5.74) is 2.66. The molecular weight excluding hydrogens is 276 g/mol. The molecule has 0 atom stereocenters. The summed E-state index contributed by atoms with van der Waals surface area (Å²) in [5, 5.41) is 5.70. The van der Waals surface area contributed by atoms with Crippen LogP contribution in [-0.2, 0) is 0 Å². The van der Waals surface area contributed by atoms with E-state index in [0.29, 0.717) is 16.8 Å². The predicted octanol–water partition coefficient (Wildman–Crippen LogP) is 3.39. The zero-order valence-electron chi connectivity index (χ0n) is 13.0. The van der Waals surface area contributed by atoms with Crippen molar-refractivity contribution in [2.24, 2.45) is 0 Å². The second-order valence-corrected chi connectivity index (χ2v) is 5.48. The highest BCUT2D eigenvalue weighted by molar-refractivity contribution is 6.05. The number of hydrogen-bond acceptors (Lipinski definition) is 2. The minimum atomic E-state index is -0.190. The van der Waals surface area contributed by atoms with Gasteiger partial charge in [-0.25, -0.2) is 0 Å². The molecule has 0 aliphatic rings. The lowest BCUT2D eigenvalue weighted by Crippen LogP contribution is -2.30. The van der Waals surface area contributed by atoms with Crippen LogP contribution in [0.3, 0.4) is 0 Å². The number of carbonyl (C=O) groups is 2. The van der Waals surface area contributed by atoms with E-state index >= 15 is 0 Å². The van der Waals surface area contributed by atoms with Crippen LogP contribution in [-0.4, -0.2) is 17.9 Å². The van der Waals surface area contributed by atoms with Crippen molar-refractivity contribution in [3.05, 3.63) is 65.2 Å². The Morgan fingerprint density at radius 1 is 0.909 bits per heavy atom. The minimum Gasteiger partial charge on any atom is -0.350 e. The third-order valence-corrected chi connectivity index (χ3v) is 3.20. The number of benzene rings is 2. The van der Waals surface area contributed by atoms with Gasteiger partial charge in [-0.05, 0) is 50.6 Å². The average molecular weight is 296 g/mol. The van der Waals surface area contributed by atoms with Gasteiger partial charge in [0.15, 0.2) is 0 Å². The lowest BCUT2D eigenvalue weighted by molar-refractivity contribution is 0.0941. The first kappa shape index (κ1) is 15.8. The largest absolute Gasteiger partial charge is 0.350 e. The second-order valence-electron chi connectivity index (χ2n) is 5.48. The zero-order valence-corrected chi connectivity index (χ0v) is 13.0. The van der Waals surface area contributed by atoms with Crippen LogP contribution in [0, 0.1) is 6.92 Å². The van der Waals surface area contributed by atoms with Gasteiger partial charge < -0.3 is 10.6 Å². The zero-order chi connectivity index (χ0) is 16.1. The summed E-state index contributed by atoms with van der Waals surface area (Å²) < 4.78 is 0. The van der Waals surface area contributed by atoms with E-state index in [1.807, 2.05) is 45.0 Å². The molecule has 0 heterocycles. The molecule has 0 saturated carbocycles. The Bertz CT molecular complexity index is 679. The summed E-state index contributed by atoms with van der Waals surface area (Å²) in [5.74, 6) is -0.338. The van der Waals surface area contributed by atoms with E-state index in [1.54, 1.807) is 24.3 Å². The number of amides is 2. The number of rotatable bonds is 4. The Hall–Kier alpha value is -2.62. The normalized spacial score (nSPS) is 10.4. The molecule has 2 aromatic rings. The van der Waals surface area contributed by atoms with Crippen LogP contribution < -0.4 is 10.6 Å². The fourth-order valence-electron chi connectivity index (χ4n) is 2.03. The van der Waals surface area contributed by atoms with Gasteiger partial charge in [-0.3, -0.25) is 9.59 Å². The number of aryl methyl sites for hydroxylation is 1. The van der Waals surface area contributed by atoms with Crippen LogP contribution in [0.15, 0.2) is 48.5 Å². The number of anilines is 1. The Labute approximate surface area is 130 Å². The predicted molar refractivity (Wildman–Crippen MR) is 88.2 cm³/mol. The van der Waals surface area contributed by atoms with Crippen LogP contribution in [0.25, 0.3) is 0 Å². The van der Waals surface area contributed by atoms with Gasteiger partial charge in [-0.2, -0.15) is 0 Å². The van der Waals surface area contributed by atoms with Crippen molar-refractivity contribution in [1.82, 2.24) is 5.32 Å². The maximum atomic E-state index is 12.2. The fraction of sp³-hybridized carbons (Fsp3) is 0.222. The van der Waals surface area contributed by atoms with Crippen molar-refractivity contribution in [2.75, 3.05) is 5.32 Å². The van der Waals surface area contributed by atoms with Crippen molar-refractivity contribution in [3.63, 3.8) is 0 Å². The molecule has 2 rings (SSSR count). The van der Waals surface area contributed by atoms with Crippen LogP contribution in [0.4, 0.5) is 5.69 Å². The summed E-state index contributed by atoms with van der Waals surface area (Å²) in [4.78, 5) is 24.3. The molecule has 0 spiro atoms. The summed E-state index contributed by atoms with van der Waals surface area (Å²) in [6.07, 6.45) is 0. The van der Waals surface area contributed by atoms with E-state index in [2.05, 4.69) is 10.6 Å². The monoisotopic (exact) mass is 296 g/mol. The topological polar surface area (TPSA) is 58.2 Å². The van der Waals surface area contributed by atoms with Crippen LogP contribution in [0.2, 0.25) is 0 Å². The summed E-state index contributed by atoms with van der Waals surface area (Å²) in [6, 6.07) is 14.3. The third-order valence-electron chi connectivity index (χ3n) is 3.20. The van der Waals surface area contributed by atoms with E-state index in [0.717, 1.165) is 5.56 Å². The lowest BCUT2D eigenvalue weighted by Gasteiger charge is -2.12. The molecule has 0 aromatic heterocycles. The molecule has 4 nitrogen and oxygen atoms in total. The average Bonchev–Trinajstić information content (AvgIpc) is 2.49. The summed E-state index contributed by atoms with van der Waals surface area (Å²) in [7, 11) is 0. The highest BCUT2D eigenvalue weighted by Crippen LogP contribution is 2.18. The Morgan fingerprint density at radius 3 is 2.23 bits per heavy atom. The molecule has 2 aromatic carbocycles.